The molecule has 0 aliphatic carbocycles. The van der Waals surface area contributed by atoms with Crippen molar-refractivity contribution in [1.29, 1.82) is 0 Å². The van der Waals surface area contributed by atoms with Gasteiger partial charge in [0.05, 0.1) is 11.0 Å². The molecule has 0 radical (unpaired) electrons. The molecule has 2 aromatic carbocycles. The minimum atomic E-state index is -4.69. The molecule has 7 heteroatoms. The minimum absolute atomic E-state index is 0.259. The molecule has 0 spiro atoms. The molecule has 3 rings (SSSR count). The maximum atomic E-state index is 12.1. The van der Waals surface area contributed by atoms with Crippen molar-refractivity contribution in [3.63, 3.8) is 0 Å². The summed E-state index contributed by atoms with van der Waals surface area (Å²) in [4.78, 5) is 7.51. The normalized spacial score (nSPS) is 11.8. The second kappa shape index (κ2) is 5.07. The Kier molecular flexibility index (Phi) is 3.36. The van der Waals surface area contributed by atoms with Crippen LogP contribution in [0.4, 0.5) is 13.2 Å². The second-order valence-electron chi connectivity index (χ2n) is 4.32. The summed E-state index contributed by atoms with van der Waals surface area (Å²) in [6, 6.07) is 11.2. The summed E-state index contributed by atoms with van der Waals surface area (Å²) < 4.78 is 41.0. The topological polar surface area (TPSA) is 37.9 Å². The van der Waals surface area contributed by atoms with E-state index in [2.05, 4.69) is 30.6 Å². The number of nitrogens with one attached hydrogen (secondary N) is 1. The van der Waals surface area contributed by atoms with E-state index in [1.54, 1.807) is 0 Å². The lowest BCUT2D eigenvalue weighted by molar-refractivity contribution is -0.274. The lowest BCUT2D eigenvalue weighted by Gasteiger charge is -2.08. The highest BCUT2D eigenvalue weighted by Gasteiger charge is 2.30. The van der Waals surface area contributed by atoms with Crippen molar-refractivity contribution in [1.82, 2.24) is 9.97 Å². The van der Waals surface area contributed by atoms with E-state index in [4.69, 9.17) is 0 Å². The van der Waals surface area contributed by atoms with Gasteiger partial charge in [0.2, 0.25) is 0 Å². The van der Waals surface area contributed by atoms with Crippen molar-refractivity contribution >= 4 is 27.0 Å². The van der Waals surface area contributed by atoms with E-state index >= 15 is 0 Å². The summed E-state index contributed by atoms with van der Waals surface area (Å²) in [6.07, 6.45) is -4.69. The molecule has 0 aliphatic rings. The number of benzene rings is 2. The van der Waals surface area contributed by atoms with Gasteiger partial charge in [0, 0.05) is 10.0 Å². The van der Waals surface area contributed by atoms with Crippen LogP contribution in [-0.4, -0.2) is 16.3 Å². The third-order valence-corrected chi connectivity index (χ3v) is 3.30. The molecule has 0 amide bonds. The Hall–Kier alpha value is -2.02. The molecular formula is C14H8BrF3N2O. The van der Waals surface area contributed by atoms with Crippen molar-refractivity contribution in [3.05, 3.63) is 46.9 Å². The number of H-pyrrole nitrogens is 1. The van der Waals surface area contributed by atoms with Crippen molar-refractivity contribution in [2.24, 2.45) is 0 Å². The predicted octanol–water partition coefficient (Wildman–Crippen LogP) is 4.89. The highest BCUT2D eigenvalue weighted by molar-refractivity contribution is 9.10. The number of rotatable bonds is 2. The number of nitrogens with zero attached hydrogens (tertiary/aromatic N) is 1. The Balaban J connectivity index is 1.91. The smallest absolute Gasteiger partial charge is 0.406 e. The summed E-state index contributed by atoms with van der Waals surface area (Å²) >= 11 is 3.36. The van der Waals surface area contributed by atoms with Crippen LogP contribution in [0.5, 0.6) is 5.75 Å². The number of alkyl halides is 3. The molecule has 0 bridgehead atoms. The SMILES string of the molecule is FC(F)(F)Oc1ccc(-c2nc3ccc(Br)cc3[nH]2)cc1. The molecule has 0 aliphatic heterocycles. The summed E-state index contributed by atoms with van der Waals surface area (Å²) in [5, 5.41) is 0. The Morgan fingerprint density at radius 1 is 1.05 bits per heavy atom. The maximum absolute atomic E-state index is 12.1. The number of aromatic amines is 1. The first-order valence-corrected chi connectivity index (χ1v) is 6.71. The van der Waals surface area contributed by atoms with E-state index in [-0.39, 0.29) is 5.75 Å². The van der Waals surface area contributed by atoms with Crippen molar-refractivity contribution in [2.45, 2.75) is 6.36 Å². The number of aromatic nitrogens is 2. The maximum Gasteiger partial charge on any atom is 0.573 e. The van der Waals surface area contributed by atoms with Gasteiger partial charge in [0.25, 0.3) is 0 Å². The minimum Gasteiger partial charge on any atom is -0.406 e. The zero-order valence-corrected chi connectivity index (χ0v) is 12.0. The zero-order valence-electron chi connectivity index (χ0n) is 10.4. The van der Waals surface area contributed by atoms with Crippen LogP contribution < -0.4 is 4.74 Å². The van der Waals surface area contributed by atoms with Gasteiger partial charge < -0.3 is 9.72 Å². The van der Waals surface area contributed by atoms with Gasteiger partial charge in [0.1, 0.15) is 11.6 Å². The molecule has 0 unspecified atom stereocenters. The highest BCUT2D eigenvalue weighted by Crippen LogP contribution is 2.27. The van der Waals surface area contributed by atoms with Crippen LogP contribution in [0, 0.1) is 0 Å². The first-order valence-electron chi connectivity index (χ1n) is 5.92. The summed E-state index contributed by atoms with van der Waals surface area (Å²) in [7, 11) is 0. The number of fused-ring (bicyclic) bond motifs is 1. The molecule has 1 aromatic heterocycles. The van der Waals surface area contributed by atoms with E-state index in [1.165, 1.54) is 24.3 Å². The molecule has 3 aromatic rings. The molecule has 3 nitrogen and oxygen atoms in total. The largest absolute Gasteiger partial charge is 0.573 e. The molecule has 0 saturated carbocycles. The molecule has 0 saturated heterocycles. The van der Waals surface area contributed by atoms with E-state index in [9.17, 15) is 13.2 Å². The van der Waals surface area contributed by atoms with Crippen LogP contribution in [0.1, 0.15) is 0 Å². The summed E-state index contributed by atoms with van der Waals surface area (Å²) in [5.74, 6) is 0.326. The Morgan fingerprint density at radius 2 is 1.76 bits per heavy atom. The lowest BCUT2D eigenvalue weighted by atomic mass is 10.2. The Morgan fingerprint density at radius 3 is 2.43 bits per heavy atom. The Bertz CT molecular complexity index is 781. The monoisotopic (exact) mass is 356 g/mol. The highest BCUT2D eigenvalue weighted by atomic mass is 79.9. The molecule has 0 atom stereocenters. The number of halogens is 4. The summed E-state index contributed by atoms with van der Waals surface area (Å²) in [6.45, 7) is 0. The molecule has 1 heterocycles. The predicted molar refractivity (Wildman–Crippen MR) is 75.9 cm³/mol. The molecular weight excluding hydrogens is 349 g/mol. The molecule has 21 heavy (non-hydrogen) atoms. The van der Waals surface area contributed by atoms with Gasteiger partial charge >= 0.3 is 6.36 Å². The Labute approximate surface area is 125 Å². The standard InChI is InChI=1S/C14H8BrF3N2O/c15-9-3-6-11-12(7-9)20-13(19-11)8-1-4-10(5-2-8)21-14(16,17)18/h1-7H,(H,19,20). The van der Waals surface area contributed by atoms with Crippen molar-refractivity contribution in [2.75, 3.05) is 0 Å². The van der Waals surface area contributed by atoms with Crippen LogP contribution in [0.2, 0.25) is 0 Å². The fourth-order valence-electron chi connectivity index (χ4n) is 1.93. The van der Waals surface area contributed by atoms with Crippen LogP contribution in [0.15, 0.2) is 46.9 Å². The van der Waals surface area contributed by atoms with Crippen LogP contribution in [0.3, 0.4) is 0 Å². The number of ether oxygens (including phenoxy) is 1. The molecule has 1 N–H and O–H groups in total. The van der Waals surface area contributed by atoms with Crippen LogP contribution in [0.25, 0.3) is 22.4 Å². The third kappa shape index (κ3) is 3.18. The molecule has 0 fully saturated rings. The number of imidazole rings is 1. The quantitative estimate of drug-likeness (QED) is 0.709. The van der Waals surface area contributed by atoms with Crippen molar-refractivity contribution in [3.8, 4) is 17.1 Å². The van der Waals surface area contributed by atoms with Gasteiger partial charge in [-0.05, 0) is 42.5 Å². The first-order chi connectivity index (χ1) is 9.90. The fourth-order valence-corrected chi connectivity index (χ4v) is 2.29. The van der Waals surface area contributed by atoms with E-state index in [1.807, 2.05) is 18.2 Å². The van der Waals surface area contributed by atoms with E-state index in [0.717, 1.165) is 15.5 Å². The van der Waals surface area contributed by atoms with Gasteiger partial charge in [-0.15, -0.1) is 13.2 Å². The second-order valence-corrected chi connectivity index (χ2v) is 5.23. The average Bonchev–Trinajstić information content (AvgIpc) is 2.80. The zero-order chi connectivity index (χ0) is 15.0. The third-order valence-electron chi connectivity index (χ3n) is 2.81. The number of hydrogen-bond acceptors (Lipinski definition) is 2. The summed E-state index contributed by atoms with van der Waals surface area (Å²) in [5.41, 5.74) is 2.30. The van der Waals surface area contributed by atoms with E-state index in [0.29, 0.717) is 11.4 Å². The van der Waals surface area contributed by atoms with Gasteiger partial charge in [-0.25, -0.2) is 4.98 Å². The molecule has 108 valence electrons. The average molecular weight is 357 g/mol. The number of hydrogen-bond donors (Lipinski definition) is 1. The van der Waals surface area contributed by atoms with Gasteiger partial charge in [-0.3, -0.25) is 0 Å². The van der Waals surface area contributed by atoms with Crippen LogP contribution >= 0.6 is 15.9 Å². The van der Waals surface area contributed by atoms with Gasteiger partial charge in [-0.2, -0.15) is 0 Å². The fraction of sp³-hybridized carbons (Fsp3) is 0.0714. The van der Waals surface area contributed by atoms with Crippen molar-refractivity contribution < 1.29 is 17.9 Å². The van der Waals surface area contributed by atoms with Gasteiger partial charge in [-0.1, -0.05) is 15.9 Å². The lowest BCUT2D eigenvalue weighted by Crippen LogP contribution is -2.16. The van der Waals surface area contributed by atoms with Crippen LogP contribution in [-0.2, 0) is 0 Å². The van der Waals surface area contributed by atoms with E-state index < -0.39 is 6.36 Å². The first kappa shape index (κ1) is 13.9. The van der Waals surface area contributed by atoms with Gasteiger partial charge in [0.15, 0.2) is 0 Å².